The van der Waals surface area contributed by atoms with Crippen LogP contribution < -0.4 is 16.0 Å². The average molecular weight is 581 g/mol. The maximum atomic E-state index is 12.7. The Morgan fingerprint density at radius 1 is 0.907 bits per heavy atom. The van der Waals surface area contributed by atoms with Crippen LogP contribution in [0.4, 0.5) is 5.82 Å². The molecule has 4 aromatic rings. The lowest BCUT2D eigenvalue weighted by molar-refractivity contribution is -0.138. The summed E-state index contributed by atoms with van der Waals surface area (Å²) in [6, 6.07) is 23.4. The van der Waals surface area contributed by atoms with E-state index in [0.717, 1.165) is 27.9 Å². The van der Waals surface area contributed by atoms with Gasteiger partial charge in [0.05, 0.1) is 19.0 Å². The van der Waals surface area contributed by atoms with E-state index in [1.807, 2.05) is 55.5 Å². The number of aliphatic carboxylic acids is 1. The summed E-state index contributed by atoms with van der Waals surface area (Å²) in [4.78, 5) is 40.8. The molecule has 1 aromatic heterocycles. The van der Waals surface area contributed by atoms with Gasteiger partial charge in [0.15, 0.2) is 0 Å². The summed E-state index contributed by atoms with van der Waals surface area (Å²) < 4.78 is 0. The molecule has 0 aliphatic carbocycles. The van der Waals surface area contributed by atoms with Crippen molar-refractivity contribution in [2.75, 3.05) is 18.4 Å². The van der Waals surface area contributed by atoms with Gasteiger partial charge in [-0.05, 0) is 69.5 Å². The lowest BCUT2D eigenvalue weighted by Crippen LogP contribution is -2.39. The van der Waals surface area contributed by atoms with Gasteiger partial charge in [0.25, 0.3) is 0 Å². The number of amides is 2. The van der Waals surface area contributed by atoms with E-state index in [0.29, 0.717) is 18.5 Å². The molecule has 0 aliphatic rings. The smallest absolute Gasteiger partial charge is 0.305 e. The van der Waals surface area contributed by atoms with Gasteiger partial charge in [0.2, 0.25) is 11.8 Å². The maximum absolute atomic E-state index is 12.7. The predicted octanol–water partition coefficient (Wildman–Crippen LogP) is 6.15. The van der Waals surface area contributed by atoms with Crippen molar-refractivity contribution in [1.29, 1.82) is 0 Å². The van der Waals surface area contributed by atoms with Gasteiger partial charge in [0, 0.05) is 19.2 Å². The number of benzene rings is 3. The quantitative estimate of drug-likeness (QED) is 0.149. The number of carboxylic acids is 1. The summed E-state index contributed by atoms with van der Waals surface area (Å²) >= 11 is 0. The fraction of sp³-hybridized carbons (Fsp3) is 0.314. The number of carboxylic acid groups (broad SMARTS) is 1. The third-order valence-corrected chi connectivity index (χ3v) is 7.32. The molecular weight excluding hydrogens is 540 g/mol. The molecule has 1 heterocycles. The minimum atomic E-state index is -1.03. The van der Waals surface area contributed by atoms with Crippen molar-refractivity contribution in [1.82, 2.24) is 15.6 Å². The number of aryl methyl sites for hydroxylation is 1. The molecule has 0 spiro atoms. The highest BCUT2D eigenvalue weighted by atomic mass is 16.4. The fourth-order valence-corrected chi connectivity index (χ4v) is 5.14. The average Bonchev–Trinajstić information content (AvgIpc) is 2.97. The Morgan fingerprint density at radius 2 is 1.63 bits per heavy atom. The Kier molecular flexibility index (Phi) is 10.1. The van der Waals surface area contributed by atoms with Crippen molar-refractivity contribution >= 4 is 34.4 Å². The van der Waals surface area contributed by atoms with Crippen LogP contribution >= 0.6 is 0 Å². The van der Waals surface area contributed by atoms with E-state index < -0.39 is 17.9 Å². The molecule has 0 radical (unpaired) electrons. The van der Waals surface area contributed by atoms with Gasteiger partial charge in [-0.1, -0.05) is 81.4 Å². The number of hydrogen-bond acceptors (Lipinski definition) is 5. The van der Waals surface area contributed by atoms with Gasteiger partial charge in [-0.15, -0.1) is 0 Å². The van der Waals surface area contributed by atoms with Crippen LogP contribution in [0.15, 0.2) is 79.0 Å². The van der Waals surface area contributed by atoms with Crippen LogP contribution in [0.25, 0.3) is 21.9 Å². The van der Waals surface area contributed by atoms with Crippen molar-refractivity contribution in [2.24, 2.45) is 0 Å². The van der Waals surface area contributed by atoms with Crippen LogP contribution in [0.1, 0.15) is 62.8 Å². The zero-order valence-electron chi connectivity index (χ0n) is 25.2. The van der Waals surface area contributed by atoms with E-state index in [2.05, 4.69) is 66.0 Å². The first-order valence-corrected chi connectivity index (χ1v) is 14.6. The van der Waals surface area contributed by atoms with Gasteiger partial charge >= 0.3 is 5.97 Å². The molecule has 43 heavy (non-hydrogen) atoms. The molecule has 4 N–H and O–H groups in total. The molecule has 1 atom stereocenters. The van der Waals surface area contributed by atoms with Crippen molar-refractivity contribution in [3.63, 3.8) is 0 Å². The first kappa shape index (κ1) is 31.2. The molecule has 8 heteroatoms. The number of aromatic nitrogens is 1. The highest BCUT2D eigenvalue weighted by Crippen LogP contribution is 2.36. The number of carbonyl (C=O) groups is 3. The fourth-order valence-electron chi connectivity index (χ4n) is 5.14. The molecule has 0 fully saturated rings. The normalized spacial score (nSPS) is 12.0. The maximum Gasteiger partial charge on any atom is 0.305 e. The molecular formula is C35H40N4O4. The monoisotopic (exact) mass is 580 g/mol. The lowest BCUT2D eigenvalue weighted by atomic mass is 9.82. The number of nitrogens with zero attached hydrogens (tertiary/aromatic N) is 1. The topological polar surface area (TPSA) is 120 Å². The minimum Gasteiger partial charge on any atom is -0.481 e. The summed E-state index contributed by atoms with van der Waals surface area (Å²) in [7, 11) is 0. The second kappa shape index (κ2) is 14.0. The van der Waals surface area contributed by atoms with Gasteiger partial charge < -0.3 is 21.1 Å². The molecule has 4 rings (SSSR count). The molecule has 0 unspecified atom stereocenters. The zero-order chi connectivity index (χ0) is 31.0. The lowest BCUT2D eigenvalue weighted by Gasteiger charge is -2.23. The van der Waals surface area contributed by atoms with Gasteiger partial charge in [-0.2, -0.15) is 0 Å². The van der Waals surface area contributed by atoms with E-state index in [4.69, 9.17) is 0 Å². The molecule has 2 amide bonds. The van der Waals surface area contributed by atoms with Crippen LogP contribution in [0, 0.1) is 6.92 Å². The second-order valence-corrected chi connectivity index (χ2v) is 11.8. The predicted molar refractivity (Wildman–Crippen MR) is 171 cm³/mol. The van der Waals surface area contributed by atoms with E-state index in [9.17, 15) is 19.5 Å². The van der Waals surface area contributed by atoms with Gasteiger partial charge in [-0.25, -0.2) is 4.98 Å². The Labute approximate surface area is 252 Å². The summed E-state index contributed by atoms with van der Waals surface area (Å²) in [5.41, 5.74) is 5.13. The Balaban J connectivity index is 1.36. The highest BCUT2D eigenvalue weighted by Gasteiger charge is 2.20. The summed E-state index contributed by atoms with van der Waals surface area (Å²) in [5, 5.41) is 20.4. The first-order valence-electron chi connectivity index (χ1n) is 14.6. The molecule has 0 bridgehead atoms. The van der Waals surface area contributed by atoms with Crippen LogP contribution in [-0.2, 0) is 19.8 Å². The standard InChI is InChI=1S/C35H40N4O4/c1-23-17-19-37-31(20-23)36-18-7-10-32(40)38-22-33(41)39-30(21-34(42)43)25-13-11-24(12-14-25)26-15-16-29(35(2,3)4)28-9-6-5-8-27(26)28/h5-6,8-9,11-17,19-20,30H,7,10,18,21-22H2,1-4H3,(H,36,37)(H,38,40)(H,39,41)(H,42,43)/t30-/m0/s1. The molecule has 224 valence electrons. The van der Waals surface area contributed by atoms with Gasteiger partial charge in [0.1, 0.15) is 5.82 Å². The number of fused-ring (bicyclic) bond motifs is 1. The number of anilines is 1. The van der Waals surface area contributed by atoms with Crippen LogP contribution in [0.2, 0.25) is 0 Å². The number of nitrogens with one attached hydrogen (secondary N) is 3. The van der Waals surface area contributed by atoms with Crippen LogP contribution in [0.3, 0.4) is 0 Å². The summed E-state index contributed by atoms with van der Waals surface area (Å²) in [5.74, 6) is -0.977. The van der Waals surface area contributed by atoms with Crippen LogP contribution in [-0.4, -0.2) is 41.0 Å². The molecule has 3 aromatic carbocycles. The number of carbonyl (C=O) groups excluding carboxylic acids is 2. The third-order valence-electron chi connectivity index (χ3n) is 7.32. The Morgan fingerprint density at radius 3 is 2.30 bits per heavy atom. The molecule has 0 aliphatic heterocycles. The Hall–Kier alpha value is -4.72. The second-order valence-electron chi connectivity index (χ2n) is 11.8. The number of hydrogen-bond donors (Lipinski definition) is 4. The van der Waals surface area contributed by atoms with E-state index in [-0.39, 0.29) is 30.7 Å². The SMILES string of the molecule is Cc1ccnc(NCCCC(=O)NCC(=O)N[C@@H](CC(=O)O)c2ccc(-c3ccc(C(C)(C)C)c4ccccc34)cc2)c1. The van der Waals surface area contributed by atoms with Gasteiger partial charge in [-0.3, -0.25) is 14.4 Å². The van der Waals surface area contributed by atoms with Crippen molar-refractivity contribution < 1.29 is 19.5 Å². The van der Waals surface area contributed by atoms with Crippen molar-refractivity contribution in [3.05, 3.63) is 95.7 Å². The van der Waals surface area contributed by atoms with E-state index in [1.165, 1.54) is 10.9 Å². The zero-order valence-corrected chi connectivity index (χ0v) is 25.2. The summed E-state index contributed by atoms with van der Waals surface area (Å²) in [6.07, 6.45) is 2.27. The minimum absolute atomic E-state index is 0.000271. The first-order chi connectivity index (χ1) is 20.5. The highest BCUT2D eigenvalue weighted by molar-refractivity contribution is 5.99. The van der Waals surface area contributed by atoms with E-state index >= 15 is 0 Å². The third kappa shape index (κ3) is 8.64. The van der Waals surface area contributed by atoms with Crippen LogP contribution in [0.5, 0.6) is 0 Å². The molecule has 0 saturated heterocycles. The van der Waals surface area contributed by atoms with Crippen molar-refractivity contribution in [3.8, 4) is 11.1 Å². The number of rotatable bonds is 12. The molecule has 8 nitrogen and oxygen atoms in total. The molecule has 0 saturated carbocycles. The summed E-state index contributed by atoms with van der Waals surface area (Å²) in [6.45, 7) is 8.93. The van der Waals surface area contributed by atoms with Crippen molar-refractivity contribution in [2.45, 2.75) is 58.4 Å². The number of pyridine rings is 1. The largest absolute Gasteiger partial charge is 0.481 e. The van der Waals surface area contributed by atoms with E-state index in [1.54, 1.807) is 6.20 Å². The Bertz CT molecular complexity index is 1590.